The number of aliphatic hydroxyl groups excluding tert-OH is 1. The van der Waals surface area contributed by atoms with E-state index in [-0.39, 0.29) is 0 Å². The molecule has 1 unspecified atom stereocenters. The number of hydrogen-bond acceptors (Lipinski definition) is 1. The number of halogens is 1. The van der Waals surface area contributed by atoms with E-state index < -0.39 is 6.10 Å². The summed E-state index contributed by atoms with van der Waals surface area (Å²) in [7, 11) is 0. The van der Waals surface area contributed by atoms with Crippen LogP contribution in [0.25, 0.3) is 0 Å². The Morgan fingerprint density at radius 2 is 1.68 bits per heavy atom. The fraction of sp³-hybridized carbons (Fsp3) is 0.294. The highest BCUT2D eigenvalue weighted by Gasteiger charge is 2.11. The Kier molecular flexibility index (Phi) is 4.43. The molecule has 0 aliphatic rings. The second kappa shape index (κ2) is 5.89. The monoisotopic (exact) mass is 318 g/mol. The molecular weight excluding hydrogens is 300 g/mol. The number of hydrogen-bond donors (Lipinski definition) is 1. The first-order valence-electron chi connectivity index (χ1n) is 6.47. The second-order valence-corrected chi connectivity index (χ2v) is 6.01. The van der Waals surface area contributed by atoms with Crippen molar-refractivity contribution >= 4 is 15.9 Å². The van der Waals surface area contributed by atoms with Crippen LogP contribution in [0.3, 0.4) is 0 Å². The molecule has 19 heavy (non-hydrogen) atoms. The first-order valence-corrected chi connectivity index (χ1v) is 7.27. The molecule has 2 rings (SSSR count). The fourth-order valence-electron chi connectivity index (χ4n) is 2.16. The summed E-state index contributed by atoms with van der Waals surface area (Å²) in [5.41, 5.74) is 5.82. The van der Waals surface area contributed by atoms with Crippen LogP contribution in [0.5, 0.6) is 0 Å². The molecule has 0 saturated carbocycles. The highest BCUT2D eigenvalue weighted by molar-refractivity contribution is 9.10. The van der Waals surface area contributed by atoms with Crippen molar-refractivity contribution < 1.29 is 5.11 Å². The maximum Gasteiger partial charge on any atom is 0.0830 e. The summed E-state index contributed by atoms with van der Waals surface area (Å²) in [4.78, 5) is 0. The van der Waals surface area contributed by atoms with Gasteiger partial charge in [-0.3, -0.25) is 0 Å². The predicted molar refractivity (Wildman–Crippen MR) is 83.5 cm³/mol. The van der Waals surface area contributed by atoms with E-state index >= 15 is 0 Å². The fourth-order valence-corrected chi connectivity index (χ4v) is 2.56. The summed E-state index contributed by atoms with van der Waals surface area (Å²) in [5.74, 6) is 0. The van der Waals surface area contributed by atoms with Crippen LogP contribution >= 0.6 is 15.9 Å². The molecule has 0 bridgehead atoms. The Morgan fingerprint density at radius 1 is 1.00 bits per heavy atom. The van der Waals surface area contributed by atoms with E-state index in [0.29, 0.717) is 6.42 Å². The van der Waals surface area contributed by atoms with E-state index in [9.17, 15) is 5.11 Å². The number of aliphatic hydroxyl groups is 1. The zero-order valence-corrected chi connectivity index (χ0v) is 13.2. The average molecular weight is 319 g/mol. The molecule has 1 nitrogen and oxygen atoms in total. The number of rotatable bonds is 3. The molecule has 0 amide bonds. The van der Waals surface area contributed by atoms with Crippen molar-refractivity contribution in [3.05, 3.63) is 68.7 Å². The van der Waals surface area contributed by atoms with Crippen molar-refractivity contribution in [1.82, 2.24) is 0 Å². The van der Waals surface area contributed by atoms with Gasteiger partial charge in [0, 0.05) is 10.9 Å². The van der Waals surface area contributed by atoms with Gasteiger partial charge in [0.05, 0.1) is 6.10 Å². The SMILES string of the molecule is Cc1ccc(C)c(CC(O)c2ccc(C)c(Br)c2)c1. The Morgan fingerprint density at radius 3 is 2.37 bits per heavy atom. The highest BCUT2D eigenvalue weighted by atomic mass is 79.9. The summed E-state index contributed by atoms with van der Waals surface area (Å²) in [6.07, 6.45) is 0.195. The zero-order valence-electron chi connectivity index (χ0n) is 11.6. The van der Waals surface area contributed by atoms with Gasteiger partial charge in [-0.05, 0) is 49.1 Å². The number of benzene rings is 2. The van der Waals surface area contributed by atoms with Crippen molar-refractivity contribution in [2.45, 2.75) is 33.3 Å². The lowest BCUT2D eigenvalue weighted by Gasteiger charge is -2.14. The van der Waals surface area contributed by atoms with E-state index in [0.717, 1.165) is 10.0 Å². The molecule has 0 heterocycles. The zero-order chi connectivity index (χ0) is 14.0. The van der Waals surface area contributed by atoms with Gasteiger partial charge in [-0.15, -0.1) is 0 Å². The van der Waals surface area contributed by atoms with Crippen LogP contribution < -0.4 is 0 Å². The topological polar surface area (TPSA) is 20.2 Å². The Balaban J connectivity index is 2.22. The predicted octanol–water partition coefficient (Wildman–Crippen LogP) is 4.65. The van der Waals surface area contributed by atoms with Crippen LogP contribution in [0.4, 0.5) is 0 Å². The molecule has 0 aliphatic carbocycles. The Hall–Kier alpha value is -1.12. The lowest BCUT2D eigenvalue weighted by atomic mass is 9.96. The quantitative estimate of drug-likeness (QED) is 0.873. The molecule has 0 fully saturated rings. The first-order chi connectivity index (χ1) is 8.97. The summed E-state index contributed by atoms with van der Waals surface area (Å²) in [6.45, 7) is 6.22. The third-order valence-electron chi connectivity index (χ3n) is 3.50. The van der Waals surface area contributed by atoms with Crippen molar-refractivity contribution in [1.29, 1.82) is 0 Å². The standard InChI is InChI=1S/C17H19BrO/c1-11-4-5-12(2)15(8-11)10-17(19)14-7-6-13(3)16(18)9-14/h4-9,17,19H,10H2,1-3H3. The van der Waals surface area contributed by atoms with E-state index in [1.165, 1.54) is 22.3 Å². The van der Waals surface area contributed by atoms with Gasteiger partial charge in [-0.25, -0.2) is 0 Å². The third-order valence-corrected chi connectivity index (χ3v) is 4.35. The molecule has 0 spiro atoms. The minimum Gasteiger partial charge on any atom is -0.388 e. The summed E-state index contributed by atoms with van der Waals surface area (Å²) < 4.78 is 1.05. The van der Waals surface area contributed by atoms with Gasteiger partial charge in [0.2, 0.25) is 0 Å². The molecule has 0 radical (unpaired) electrons. The Bertz CT molecular complexity index is 590. The van der Waals surface area contributed by atoms with Crippen molar-refractivity contribution in [2.24, 2.45) is 0 Å². The molecule has 2 aromatic rings. The van der Waals surface area contributed by atoms with Crippen LogP contribution in [0.1, 0.15) is 33.9 Å². The van der Waals surface area contributed by atoms with Gasteiger partial charge in [0.15, 0.2) is 0 Å². The first kappa shape index (κ1) is 14.3. The molecule has 2 aromatic carbocycles. The molecule has 100 valence electrons. The van der Waals surface area contributed by atoms with E-state index in [2.05, 4.69) is 48.0 Å². The van der Waals surface area contributed by atoms with E-state index in [1.807, 2.05) is 25.1 Å². The molecule has 2 heteroatoms. The van der Waals surface area contributed by atoms with Gasteiger partial charge in [-0.1, -0.05) is 51.8 Å². The second-order valence-electron chi connectivity index (χ2n) is 5.16. The van der Waals surface area contributed by atoms with Crippen molar-refractivity contribution in [3.63, 3.8) is 0 Å². The molecule has 0 aromatic heterocycles. The summed E-state index contributed by atoms with van der Waals surface area (Å²) in [6, 6.07) is 12.4. The minimum absolute atomic E-state index is 0.461. The van der Waals surface area contributed by atoms with E-state index in [1.54, 1.807) is 0 Å². The average Bonchev–Trinajstić information content (AvgIpc) is 2.37. The van der Waals surface area contributed by atoms with Gasteiger partial charge in [0.1, 0.15) is 0 Å². The highest BCUT2D eigenvalue weighted by Crippen LogP contribution is 2.25. The number of aryl methyl sites for hydroxylation is 3. The van der Waals surface area contributed by atoms with Crippen LogP contribution in [0, 0.1) is 20.8 Å². The van der Waals surface area contributed by atoms with E-state index in [4.69, 9.17) is 0 Å². The van der Waals surface area contributed by atoms with Gasteiger partial charge >= 0.3 is 0 Å². The maximum absolute atomic E-state index is 10.4. The summed E-state index contributed by atoms with van der Waals surface area (Å²) >= 11 is 3.51. The normalized spacial score (nSPS) is 12.5. The molecular formula is C17H19BrO. The van der Waals surface area contributed by atoms with Gasteiger partial charge < -0.3 is 5.11 Å². The van der Waals surface area contributed by atoms with Crippen LogP contribution in [-0.4, -0.2) is 5.11 Å². The Labute approximate surface area is 123 Å². The molecule has 0 saturated heterocycles. The van der Waals surface area contributed by atoms with Crippen LogP contribution in [0.15, 0.2) is 40.9 Å². The van der Waals surface area contributed by atoms with Crippen molar-refractivity contribution in [2.75, 3.05) is 0 Å². The molecule has 1 N–H and O–H groups in total. The lowest BCUT2D eigenvalue weighted by Crippen LogP contribution is -2.04. The molecule has 0 aliphatic heterocycles. The van der Waals surface area contributed by atoms with Crippen LogP contribution in [-0.2, 0) is 6.42 Å². The van der Waals surface area contributed by atoms with Crippen LogP contribution in [0.2, 0.25) is 0 Å². The molecule has 1 atom stereocenters. The minimum atomic E-state index is -0.461. The summed E-state index contributed by atoms with van der Waals surface area (Å²) in [5, 5.41) is 10.4. The largest absolute Gasteiger partial charge is 0.388 e. The third kappa shape index (κ3) is 3.46. The van der Waals surface area contributed by atoms with Gasteiger partial charge in [0.25, 0.3) is 0 Å². The maximum atomic E-state index is 10.4. The van der Waals surface area contributed by atoms with Crippen molar-refractivity contribution in [3.8, 4) is 0 Å². The lowest BCUT2D eigenvalue weighted by molar-refractivity contribution is 0.178. The smallest absolute Gasteiger partial charge is 0.0830 e. The van der Waals surface area contributed by atoms with Gasteiger partial charge in [-0.2, -0.15) is 0 Å².